The monoisotopic (exact) mass is 596 g/mol. The van der Waals surface area contributed by atoms with Crippen molar-refractivity contribution in [2.75, 3.05) is 26.2 Å². The van der Waals surface area contributed by atoms with Crippen LogP contribution in [-0.2, 0) is 14.4 Å². The Bertz CT molecular complexity index is 643. The van der Waals surface area contributed by atoms with Gasteiger partial charge in [0, 0.05) is 19.3 Å². The summed E-state index contributed by atoms with van der Waals surface area (Å²) in [6.07, 6.45) is 31.2. The number of allylic oxidation sites excluding steroid dienone is 2. The van der Waals surface area contributed by atoms with Crippen LogP contribution in [0.3, 0.4) is 0 Å². The van der Waals surface area contributed by atoms with Gasteiger partial charge in [0.25, 0.3) is 0 Å². The first-order valence-electron chi connectivity index (χ1n) is 17.5. The summed E-state index contributed by atoms with van der Waals surface area (Å²) in [6.45, 7) is 5.07. The number of hydrogen-bond donors (Lipinski definition) is 3. The Balaban J connectivity index is 4.00. The van der Waals surface area contributed by atoms with E-state index in [0.717, 1.165) is 25.8 Å². The first kappa shape index (κ1) is 40.1. The Kier molecular flexibility index (Phi) is 27.9. The summed E-state index contributed by atoms with van der Waals surface area (Å²) in [5.74, 6) is -2.47. The van der Waals surface area contributed by atoms with Crippen LogP contribution in [0.5, 0.6) is 0 Å². The third kappa shape index (κ3) is 28.2. The molecule has 42 heavy (non-hydrogen) atoms. The molecule has 0 aromatic rings. The van der Waals surface area contributed by atoms with E-state index >= 15 is 0 Å². The summed E-state index contributed by atoms with van der Waals surface area (Å²) in [7, 11) is 0. The van der Waals surface area contributed by atoms with Gasteiger partial charge in [-0.15, -0.1) is 0 Å². The van der Waals surface area contributed by atoms with Gasteiger partial charge in [0.15, 0.2) is 0 Å². The maximum absolute atomic E-state index is 11.1. The molecule has 0 saturated heterocycles. The van der Waals surface area contributed by atoms with Crippen LogP contribution in [0.1, 0.15) is 167 Å². The molecule has 0 atom stereocenters. The van der Waals surface area contributed by atoms with E-state index in [-0.39, 0.29) is 19.3 Å². The van der Waals surface area contributed by atoms with Gasteiger partial charge in [0.1, 0.15) is 0 Å². The molecule has 0 unspecified atom stereocenters. The maximum atomic E-state index is 11.1. The second-order valence-corrected chi connectivity index (χ2v) is 12.4. The van der Waals surface area contributed by atoms with Crippen LogP contribution in [0.2, 0.25) is 0 Å². The predicted octanol–water partition coefficient (Wildman–Crippen LogP) is 9.39. The molecular weight excluding hydrogens is 530 g/mol. The molecule has 0 aromatic carbocycles. The fourth-order valence-corrected chi connectivity index (χ4v) is 6.01. The standard InChI is InChI=1S/C35H65NO6/c1-2-3-4-5-6-7-8-9-10-11-12-13-14-15-16-17-18-19-20-21-22-29-36(30-23-26-33(37)38,31-24-27-34(39)40)32-25-28-35(41)42/h3-4H,2,5-32H2,1H3,(H2-,37,38,39,40,41,42)/p+1/b4-3+. The van der Waals surface area contributed by atoms with Crippen molar-refractivity contribution in [2.45, 2.75) is 167 Å². The van der Waals surface area contributed by atoms with Crippen molar-refractivity contribution >= 4 is 17.9 Å². The minimum atomic E-state index is -0.823. The quantitative estimate of drug-likeness (QED) is 0.0395. The summed E-state index contributed by atoms with van der Waals surface area (Å²) in [5.41, 5.74) is 0. The molecule has 0 aromatic heterocycles. The van der Waals surface area contributed by atoms with Gasteiger partial charge < -0.3 is 19.8 Å². The van der Waals surface area contributed by atoms with Gasteiger partial charge >= 0.3 is 17.9 Å². The number of carboxylic acid groups (broad SMARTS) is 3. The van der Waals surface area contributed by atoms with E-state index in [1.54, 1.807) is 0 Å². The maximum Gasteiger partial charge on any atom is 0.303 e. The number of quaternary nitrogens is 1. The van der Waals surface area contributed by atoms with Crippen molar-refractivity contribution in [2.24, 2.45) is 0 Å². The molecule has 0 rings (SSSR count). The zero-order valence-electron chi connectivity index (χ0n) is 27.2. The molecule has 0 saturated carbocycles. The lowest BCUT2D eigenvalue weighted by atomic mass is 10.0. The summed E-state index contributed by atoms with van der Waals surface area (Å²) >= 11 is 0. The largest absolute Gasteiger partial charge is 0.481 e. The van der Waals surface area contributed by atoms with E-state index in [1.165, 1.54) is 103 Å². The summed E-state index contributed by atoms with van der Waals surface area (Å²) in [6, 6.07) is 0. The fraction of sp³-hybridized carbons (Fsp3) is 0.857. The van der Waals surface area contributed by atoms with Gasteiger partial charge in [-0.2, -0.15) is 0 Å². The van der Waals surface area contributed by atoms with Crippen LogP contribution in [0.25, 0.3) is 0 Å². The van der Waals surface area contributed by atoms with Crippen LogP contribution >= 0.6 is 0 Å². The molecule has 0 fully saturated rings. The molecule has 0 spiro atoms. The Labute approximate surface area is 257 Å². The third-order valence-corrected chi connectivity index (χ3v) is 8.47. The molecule has 0 aliphatic rings. The smallest absolute Gasteiger partial charge is 0.303 e. The second kappa shape index (κ2) is 29.2. The topological polar surface area (TPSA) is 112 Å². The molecule has 0 radical (unpaired) electrons. The molecule has 0 bridgehead atoms. The fourth-order valence-electron chi connectivity index (χ4n) is 6.01. The zero-order valence-corrected chi connectivity index (χ0v) is 27.2. The van der Waals surface area contributed by atoms with E-state index in [4.69, 9.17) is 15.3 Å². The van der Waals surface area contributed by atoms with Crippen molar-refractivity contribution in [3.05, 3.63) is 12.2 Å². The summed E-state index contributed by atoms with van der Waals surface area (Å²) < 4.78 is 0.644. The summed E-state index contributed by atoms with van der Waals surface area (Å²) in [5, 5.41) is 27.3. The van der Waals surface area contributed by atoms with Gasteiger partial charge in [0.2, 0.25) is 0 Å². The number of carboxylic acids is 3. The molecule has 7 nitrogen and oxygen atoms in total. The molecule has 0 amide bonds. The Morgan fingerprint density at radius 3 is 1.02 bits per heavy atom. The number of unbranched alkanes of at least 4 members (excludes halogenated alkanes) is 17. The normalized spacial score (nSPS) is 11.8. The number of carbonyl (C=O) groups is 3. The van der Waals surface area contributed by atoms with Crippen molar-refractivity contribution in [1.29, 1.82) is 0 Å². The van der Waals surface area contributed by atoms with Crippen molar-refractivity contribution in [3.8, 4) is 0 Å². The van der Waals surface area contributed by atoms with Crippen LogP contribution in [0.15, 0.2) is 12.2 Å². The molecule has 7 heteroatoms. The van der Waals surface area contributed by atoms with Gasteiger partial charge in [-0.25, -0.2) is 0 Å². The van der Waals surface area contributed by atoms with Gasteiger partial charge in [-0.3, -0.25) is 14.4 Å². The first-order valence-corrected chi connectivity index (χ1v) is 17.5. The van der Waals surface area contributed by atoms with Crippen LogP contribution in [0, 0.1) is 0 Å². The molecular formula is C35H66NO6+. The Morgan fingerprint density at radius 2 is 0.714 bits per heavy atom. The molecule has 0 aliphatic heterocycles. The number of nitrogens with zero attached hydrogens (tertiary/aromatic N) is 1. The van der Waals surface area contributed by atoms with E-state index in [0.29, 0.717) is 43.4 Å². The SMILES string of the molecule is CC/C=C/CCCCCCCCCCCCCCCCCCC[N+](CCCC(=O)O)(CCCC(=O)O)CCCC(=O)O. The Morgan fingerprint density at radius 1 is 0.429 bits per heavy atom. The molecule has 3 N–H and O–H groups in total. The minimum absolute atomic E-state index is 0.0927. The van der Waals surface area contributed by atoms with Crippen LogP contribution in [0.4, 0.5) is 0 Å². The lowest BCUT2D eigenvalue weighted by molar-refractivity contribution is -0.929. The zero-order chi connectivity index (χ0) is 31.2. The number of hydrogen-bond acceptors (Lipinski definition) is 3. The lowest BCUT2D eigenvalue weighted by Crippen LogP contribution is -2.51. The third-order valence-electron chi connectivity index (χ3n) is 8.47. The highest BCUT2D eigenvalue weighted by molar-refractivity contribution is 5.67. The highest BCUT2D eigenvalue weighted by atomic mass is 16.4. The number of aliphatic carboxylic acids is 3. The van der Waals surface area contributed by atoms with Gasteiger partial charge in [-0.05, 0) is 32.1 Å². The highest BCUT2D eigenvalue weighted by Crippen LogP contribution is 2.19. The Hall–Kier alpha value is -1.89. The second-order valence-electron chi connectivity index (χ2n) is 12.4. The first-order chi connectivity index (χ1) is 20.3. The predicted molar refractivity (Wildman–Crippen MR) is 173 cm³/mol. The molecule has 0 aliphatic carbocycles. The summed E-state index contributed by atoms with van der Waals surface area (Å²) in [4.78, 5) is 33.3. The molecule has 0 heterocycles. The minimum Gasteiger partial charge on any atom is -0.481 e. The van der Waals surface area contributed by atoms with Gasteiger partial charge in [-0.1, -0.05) is 109 Å². The molecule has 246 valence electrons. The van der Waals surface area contributed by atoms with Crippen molar-refractivity contribution in [3.63, 3.8) is 0 Å². The van der Waals surface area contributed by atoms with E-state index in [1.807, 2.05) is 0 Å². The lowest BCUT2D eigenvalue weighted by Gasteiger charge is -2.39. The van der Waals surface area contributed by atoms with Gasteiger partial charge in [0.05, 0.1) is 45.4 Å². The van der Waals surface area contributed by atoms with E-state index in [2.05, 4.69) is 19.1 Å². The highest BCUT2D eigenvalue weighted by Gasteiger charge is 2.27. The van der Waals surface area contributed by atoms with Crippen molar-refractivity contribution < 1.29 is 34.2 Å². The number of rotatable bonds is 33. The van der Waals surface area contributed by atoms with Crippen molar-refractivity contribution in [1.82, 2.24) is 0 Å². The van der Waals surface area contributed by atoms with E-state index < -0.39 is 17.9 Å². The van der Waals surface area contributed by atoms with E-state index in [9.17, 15) is 14.4 Å². The van der Waals surface area contributed by atoms with Crippen LogP contribution < -0.4 is 0 Å². The average Bonchev–Trinajstić information content (AvgIpc) is 2.93. The average molecular weight is 597 g/mol. The van der Waals surface area contributed by atoms with Crippen LogP contribution in [-0.4, -0.2) is 63.9 Å².